The summed E-state index contributed by atoms with van der Waals surface area (Å²) in [5, 5.41) is 14.1. The van der Waals surface area contributed by atoms with E-state index in [1.807, 2.05) is 13.8 Å². The number of carbonyl (C=O) groups excluding carboxylic acids is 1. The molecule has 10 nitrogen and oxygen atoms in total. The van der Waals surface area contributed by atoms with Crippen LogP contribution in [0.15, 0.2) is 53.7 Å². The van der Waals surface area contributed by atoms with Crippen LogP contribution in [0.2, 0.25) is 0 Å². The van der Waals surface area contributed by atoms with E-state index in [0.29, 0.717) is 43.1 Å². The fraction of sp³-hybridized carbons (Fsp3) is 0.391. The van der Waals surface area contributed by atoms with E-state index in [1.54, 1.807) is 42.5 Å². The number of aromatic nitrogens is 4. The van der Waals surface area contributed by atoms with Gasteiger partial charge in [-0.1, -0.05) is 12.5 Å². The van der Waals surface area contributed by atoms with Gasteiger partial charge in [-0.05, 0) is 73.5 Å². The summed E-state index contributed by atoms with van der Waals surface area (Å²) in [7, 11) is -3.64. The third-order valence-corrected chi connectivity index (χ3v) is 7.89. The Labute approximate surface area is 199 Å². The van der Waals surface area contributed by atoms with Crippen LogP contribution >= 0.6 is 0 Å². The Morgan fingerprint density at radius 1 is 1.06 bits per heavy atom. The maximum absolute atomic E-state index is 13.3. The van der Waals surface area contributed by atoms with Gasteiger partial charge in [0.1, 0.15) is 6.33 Å². The number of carbonyl (C=O) groups is 1. The molecule has 1 aliphatic rings. The molecule has 0 unspecified atom stereocenters. The van der Waals surface area contributed by atoms with E-state index in [2.05, 4.69) is 25.7 Å². The smallest absolute Gasteiger partial charge is 0.255 e. The molecule has 1 amide bonds. The Hall–Kier alpha value is -3.31. The van der Waals surface area contributed by atoms with Crippen LogP contribution in [0.4, 0.5) is 11.4 Å². The minimum atomic E-state index is -3.64. The SMILES string of the molecule is CCN(CC)c1ccc(S(=O)(=O)N2CCCCC2)cc1NC(=O)c1cccc(-n2cnnn2)c1. The van der Waals surface area contributed by atoms with Gasteiger partial charge >= 0.3 is 0 Å². The minimum Gasteiger partial charge on any atom is -0.370 e. The van der Waals surface area contributed by atoms with Crippen molar-refractivity contribution in [2.24, 2.45) is 0 Å². The first-order valence-electron chi connectivity index (χ1n) is 11.5. The molecule has 1 saturated heterocycles. The van der Waals surface area contributed by atoms with Gasteiger partial charge in [-0.3, -0.25) is 4.79 Å². The summed E-state index contributed by atoms with van der Waals surface area (Å²) >= 11 is 0. The lowest BCUT2D eigenvalue weighted by Gasteiger charge is -2.28. The van der Waals surface area contributed by atoms with E-state index < -0.39 is 10.0 Å². The van der Waals surface area contributed by atoms with Crippen LogP contribution in [0.3, 0.4) is 0 Å². The van der Waals surface area contributed by atoms with Crippen LogP contribution in [-0.2, 0) is 10.0 Å². The number of rotatable bonds is 8. The zero-order valence-corrected chi connectivity index (χ0v) is 20.2. The van der Waals surface area contributed by atoms with Gasteiger partial charge in [-0.2, -0.15) is 4.31 Å². The van der Waals surface area contributed by atoms with Crippen molar-refractivity contribution >= 4 is 27.3 Å². The summed E-state index contributed by atoms with van der Waals surface area (Å²) in [5.41, 5.74) is 2.28. The number of nitrogens with zero attached hydrogens (tertiary/aromatic N) is 6. The van der Waals surface area contributed by atoms with Crippen LogP contribution in [-0.4, -0.2) is 65.0 Å². The van der Waals surface area contributed by atoms with Crippen LogP contribution in [0.5, 0.6) is 0 Å². The lowest BCUT2D eigenvalue weighted by atomic mass is 10.1. The molecule has 34 heavy (non-hydrogen) atoms. The molecular formula is C23H29N7O3S. The van der Waals surface area contributed by atoms with Crippen molar-refractivity contribution in [2.75, 3.05) is 36.4 Å². The largest absolute Gasteiger partial charge is 0.370 e. The first-order valence-corrected chi connectivity index (χ1v) is 12.9. The molecule has 0 aliphatic carbocycles. The monoisotopic (exact) mass is 483 g/mol. The standard InChI is InChI=1S/C23H29N7O3S/c1-3-28(4-2)22-12-11-20(34(32,33)29-13-6-5-7-14-29)16-21(22)25-23(31)18-9-8-10-19(15-18)30-17-24-26-27-30/h8-12,15-17H,3-7,13-14H2,1-2H3,(H,25,31). The van der Waals surface area contributed by atoms with Gasteiger partial charge < -0.3 is 10.2 Å². The molecule has 2 heterocycles. The zero-order valence-electron chi connectivity index (χ0n) is 19.4. The molecule has 0 saturated carbocycles. The number of sulfonamides is 1. The first-order chi connectivity index (χ1) is 16.4. The molecule has 1 fully saturated rings. The molecule has 180 valence electrons. The number of tetrazole rings is 1. The van der Waals surface area contributed by atoms with Gasteiger partial charge in [0.05, 0.1) is 22.0 Å². The Morgan fingerprint density at radius 3 is 2.50 bits per heavy atom. The molecule has 1 N–H and O–H groups in total. The van der Waals surface area contributed by atoms with Crippen molar-refractivity contribution in [2.45, 2.75) is 38.0 Å². The Balaban J connectivity index is 1.68. The third kappa shape index (κ3) is 4.95. The molecule has 0 spiro atoms. The fourth-order valence-corrected chi connectivity index (χ4v) is 5.68. The van der Waals surface area contributed by atoms with Crippen molar-refractivity contribution in [3.8, 4) is 5.69 Å². The molecule has 0 radical (unpaired) electrons. The second kappa shape index (κ2) is 10.3. The summed E-state index contributed by atoms with van der Waals surface area (Å²) in [5.74, 6) is -0.351. The van der Waals surface area contributed by atoms with Crippen LogP contribution in [0.1, 0.15) is 43.5 Å². The van der Waals surface area contributed by atoms with Crippen molar-refractivity contribution in [3.05, 3.63) is 54.4 Å². The van der Waals surface area contributed by atoms with Crippen molar-refractivity contribution in [1.29, 1.82) is 0 Å². The number of hydrogen-bond donors (Lipinski definition) is 1. The number of anilines is 2. The maximum Gasteiger partial charge on any atom is 0.255 e. The van der Waals surface area contributed by atoms with E-state index in [-0.39, 0.29) is 10.8 Å². The topological polar surface area (TPSA) is 113 Å². The number of nitrogens with one attached hydrogen (secondary N) is 1. The fourth-order valence-electron chi connectivity index (χ4n) is 4.13. The van der Waals surface area contributed by atoms with Crippen LogP contribution in [0, 0.1) is 0 Å². The van der Waals surface area contributed by atoms with Crippen molar-refractivity contribution in [3.63, 3.8) is 0 Å². The van der Waals surface area contributed by atoms with E-state index in [1.165, 1.54) is 15.3 Å². The van der Waals surface area contributed by atoms with E-state index in [9.17, 15) is 13.2 Å². The van der Waals surface area contributed by atoms with Gasteiger partial charge in [0.2, 0.25) is 10.0 Å². The van der Waals surface area contributed by atoms with Crippen molar-refractivity contribution < 1.29 is 13.2 Å². The summed E-state index contributed by atoms with van der Waals surface area (Å²) in [6.07, 6.45) is 4.21. The predicted molar refractivity (Wildman–Crippen MR) is 130 cm³/mol. The summed E-state index contributed by atoms with van der Waals surface area (Å²) in [6, 6.07) is 11.9. The lowest BCUT2D eigenvalue weighted by molar-refractivity contribution is 0.102. The molecule has 4 rings (SSSR count). The van der Waals surface area contributed by atoms with E-state index >= 15 is 0 Å². The normalized spacial score (nSPS) is 14.6. The highest BCUT2D eigenvalue weighted by Gasteiger charge is 2.27. The molecular weight excluding hydrogens is 454 g/mol. The van der Waals surface area contributed by atoms with Crippen molar-refractivity contribution in [1.82, 2.24) is 24.5 Å². The van der Waals surface area contributed by atoms with E-state index in [0.717, 1.165) is 24.9 Å². The predicted octanol–water partition coefficient (Wildman–Crippen LogP) is 2.94. The average molecular weight is 484 g/mol. The van der Waals surface area contributed by atoms with Gasteiger partial charge in [0.15, 0.2) is 0 Å². The van der Waals surface area contributed by atoms with Gasteiger partial charge in [0, 0.05) is 31.7 Å². The average Bonchev–Trinajstić information content (AvgIpc) is 3.41. The minimum absolute atomic E-state index is 0.183. The first kappa shape index (κ1) is 23.8. The molecule has 0 atom stereocenters. The Kier molecular flexibility index (Phi) is 7.23. The van der Waals surface area contributed by atoms with Crippen LogP contribution < -0.4 is 10.2 Å². The Bertz CT molecular complexity index is 1240. The molecule has 1 aromatic heterocycles. The van der Waals surface area contributed by atoms with Gasteiger partial charge in [0.25, 0.3) is 5.91 Å². The highest BCUT2D eigenvalue weighted by Crippen LogP contribution is 2.31. The van der Waals surface area contributed by atoms with Gasteiger partial charge in [-0.15, -0.1) is 5.10 Å². The second-order valence-corrected chi connectivity index (χ2v) is 10.0. The number of piperidine rings is 1. The molecule has 1 aliphatic heterocycles. The quantitative estimate of drug-likeness (QED) is 0.524. The van der Waals surface area contributed by atoms with Crippen LogP contribution in [0.25, 0.3) is 5.69 Å². The molecule has 0 bridgehead atoms. The highest BCUT2D eigenvalue weighted by molar-refractivity contribution is 7.89. The Morgan fingerprint density at radius 2 is 1.82 bits per heavy atom. The number of benzene rings is 2. The maximum atomic E-state index is 13.3. The third-order valence-electron chi connectivity index (χ3n) is 6.00. The molecule has 11 heteroatoms. The zero-order chi connectivity index (χ0) is 24.1. The number of amides is 1. The molecule has 2 aromatic carbocycles. The second-order valence-electron chi connectivity index (χ2n) is 8.07. The lowest BCUT2D eigenvalue weighted by Crippen LogP contribution is -2.35. The highest BCUT2D eigenvalue weighted by atomic mass is 32.2. The number of hydrogen-bond acceptors (Lipinski definition) is 7. The van der Waals surface area contributed by atoms with Gasteiger partial charge in [-0.25, -0.2) is 13.1 Å². The summed E-state index contributed by atoms with van der Waals surface area (Å²) in [4.78, 5) is 15.5. The molecule has 3 aromatic rings. The van der Waals surface area contributed by atoms with E-state index in [4.69, 9.17) is 0 Å². The summed E-state index contributed by atoms with van der Waals surface area (Å²) in [6.45, 7) is 6.50. The summed E-state index contributed by atoms with van der Waals surface area (Å²) < 4.78 is 29.5.